The van der Waals surface area contributed by atoms with Gasteiger partial charge in [-0.15, -0.1) is 18.3 Å². The zero-order valence-electron chi connectivity index (χ0n) is 9.98. The molecule has 1 aromatic heterocycles. The van der Waals surface area contributed by atoms with Crippen molar-refractivity contribution in [2.24, 2.45) is 5.92 Å². The van der Waals surface area contributed by atoms with E-state index in [9.17, 15) is 5.11 Å². The number of para-hydroxylation sites is 1. The fraction of sp³-hybridized carbons (Fsp3) is 0.143. The molecule has 92 valence electrons. The second-order valence-corrected chi connectivity index (χ2v) is 3.92. The maximum atomic E-state index is 10.1. The predicted molar refractivity (Wildman–Crippen MR) is 70.2 cm³/mol. The molecule has 1 N–H and O–H groups in total. The summed E-state index contributed by atoms with van der Waals surface area (Å²) in [5.74, 6) is -0.231. The van der Waals surface area contributed by atoms with Gasteiger partial charge >= 0.3 is 0 Å². The molecule has 0 amide bonds. The molecule has 0 aliphatic heterocycles. The minimum atomic E-state index is -0.766. The van der Waals surface area contributed by atoms with Gasteiger partial charge in [-0.1, -0.05) is 35.6 Å². The van der Waals surface area contributed by atoms with Crippen molar-refractivity contribution in [2.45, 2.75) is 6.10 Å². The van der Waals surface area contributed by atoms with E-state index in [0.717, 1.165) is 5.69 Å². The summed E-state index contributed by atoms with van der Waals surface area (Å²) in [5, 5.41) is 18.1. The lowest BCUT2D eigenvalue weighted by Crippen LogP contribution is -2.07. The molecule has 0 spiro atoms. The number of hydrogen-bond donors (Lipinski definition) is 1. The summed E-state index contributed by atoms with van der Waals surface area (Å²) in [6.07, 6.45) is 4.22. The number of aliphatic hydroxyl groups is 1. The minimum absolute atomic E-state index is 0.231. The van der Waals surface area contributed by atoms with Crippen molar-refractivity contribution in [1.82, 2.24) is 15.0 Å². The first-order valence-electron chi connectivity index (χ1n) is 5.67. The van der Waals surface area contributed by atoms with Crippen LogP contribution >= 0.6 is 0 Å². The third kappa shape index (κ3) is 2.38. The molecule has 18 heavy (non-hydrogen) atoms. The molecule has 4 heteroatoms. The number of hydrogen-bond acceptors (Lipinski definition) is 3. The number of benzene rings is 1. The van der Waals surface area contributed by atoms with Gasteiger partial charge in [0.05, 0.1) is 11.9 Å². The van der Waals surface area contributed by atoms with Gasteiger partial charge in [-0.2, -0.15) is 0 Å². The SMILES string of the molecule is C=CC(C=C)C(O)c1cn(-c2ccccc2)nn1. The van der Waals surface area contributed by atoms with Crippen LogP contribution in [0.2, 0.25) is 0 Å². The summed E-state index contributed by atoms with van der Waals surface area (Å²) in [6, 6.07) is 9.61. The maximum absolute atomic E-state index is 10.1. The van der Waals surface area contributed by atoms with E-state index < -0.39 is 6.10 Å². The van der Waals surface area contributed by atoms with Crippen molar-refractivity contribution in [1.29, 1.82) is 0 Å². The van der Waals surface area contributed by atoms with Gasteiger partial charge in [-0.3, -0.25) is 0 Å². The fourth-order valence-corrected chi connectivity index (χ4v) is 1.67. The summed E-state index contributed by atoms with van der Waals surface area (Å²) in [6.45, 7) is 7.31. The molecule has 0 saturated carbocycles. The van der Waals surface area contributed by atoms with E-state index in [2.05, 4.69) is 23.5 Å². The predicted octanol–water partition coefficient (Wildman–Crippen LogP) is 2.29. The molecule has 1 atom stereocenters. The van der Waals surface area contributed by atoms with Crippen LogP contribution in [0, 0.1) is 5.92 Å². The second kappa shape index (κ2) is 5.42. The Morgan fingerprint density at radius 2 is 1.83 bits per heavy atom. The largest absolute Gasteiger partial charge is 0.386 e. The number of aromatic nitrogens is 3. The summed E-state index contributed by atoms with van der Waals surface area (Å²) in [5.41, 5.74) is 1.40. The maximum Gasteiger partial charge on any atom is 0.113 e. The van der Waals surface area contributed by atoms with Gasteiger partial charge in [0.15, 0.2) is 0 Å². The van der Waals surface area contributed by atoms with E-state index in [-0.39, 0.29) is 5.92 Å². The van der Waals surface area contributed by atoms with E-state index in [1.54, 1.807) is 23.0 Å². The van der Waals surface area contributed by atoms with E-state index in [4.69, 9.17) is 0 Å². The first kappa shape index (κ1) is 12.3. The van der Waals surface area contributed by atoms with Crippen molar-refractivity contribution in [3.8, 4) is 5.69 Å². The first-order chi connectivity index (χ1) is 8.76. The number of rotatable bonds is 5. The highest BCUT2D eigenvalue weighted by Crippen LogP contribution is 2.22. The molecular weight excluding hydrogens is 226 g/mol. The van der Waals surface area contributed by atoms with Gasteiger partial charge in [-0.25, -0.2) is 4.68 Å². The van der Waals surface area contributed by atoms with Gasteiger partial charge in [0.2, 0.25) is 0 Å². The first-order valence-corrected chi connectivity index (χ1v) is 5.67. The van der Waals surface area contributed by atoms with Crippen molar-refractivity contribution < 1.29 is 5.11 Å². The van der Waals surface area contributed by atoms with Gasteiger partial charge in [0.25, 0.3) is 0 Å². The molecule has 0 radical (unpaired) electrons. The molecule has 2 aromatic rings. The molecule has 0 aliphatic rings. The van der Waals surface area contributed by atoms with Crippen molar-refractivity contribution in [3.63, 3.8) is 0 Å². The Kier molecular flexibility index (Phi) is 3.69. The van der Waals surface area contributed by atoms with Gasteiger partial charge in [0.1, 0.15) is 11.8 Å². The number of nitrogens with zero attached hydrogens (tertiary/aromatic N) is 3. The highest BCUT2D eigenvalue weighted by Gasteiger charge is 2.18. The zero-order valence-corrected chi connectivity index (χ0v) is 9.98. The van der Waals surface area contributed by atoms with Crippen molar-refractivity contribution in [2.75, 3.05) is 0 Å². The van der Waals surface area contributed by atoms with E-state index in [1.807, 2.05) is 30.3 Å². The summed E-state index contributed by atoms with van der Waals surface area (Å²) in [7, 11) is 0. The Balaban J connectivity index is 2.25. The lowest BCUT2D eigenvalue weighted by molar-refractivity contribution is 0.146. The fourth-order valence-electron chi connectivity index (χ4n) is 1.67. The minimum Gasteiger partial charge on any atom is -0.386 e. The Morgan fingerprint density at radius 1 is 1.17 bits per heavy atom. The van der Waals surface area contributed by atoms with Crippen molar-refractivity contribution in [3.05, 3.63) is 67.5 Å². The van der Waals surface area contributed by atoms with Gasteiger partial charge in [0, 0.05) is 5.92 Å². The number of aliphatic hydroxyl groups excluding tert-OH is 1. The average molecular weight is 241 g/mol. The summed E-state index contributed by atoms with van der Waals surface area (Å²) < 4.78 is 1.63. The third-order valence-electron chi connectivity index (χ3n) is 2.74. The normalized spacial score (nSPS) is 12.3. The molecule has 0 bridgehead atoms. The Bertz CT molecular complexity index is 525. The smallest absolute Gasteiger partial charge is 0.113 e. The van der Waals surface area contributed by atoms with Crippen molar-refractivity contribution >= 4 is 0 Å². The molecule has 0 fully saturated rings. The molecule has 0 aliphatic carbocycles. The topological polar surface area (TPSA) is 50.9 Å². The van der Waals surface area contributed by atoms with Crippen LogP contribution < -0.4 is 0 Å². The van der Waals surface area contributed by atoms with Crippen LogP contribution in [-0.4, -0.2) is 20.1 Å². The van der Waals surface area contributed by atoms with Crippen LogP contribution in [0.25, 0.3) is 5.69 Å². The van der Waals surface area contributed by atoms with Crippen LogP contribution in [0.5, 0.6) is 0 Å². The Morgan fingerprint density at radius 3 is 2.44 bits per heavy atom. The van der Waals surface area contributed by atoms with Crippen LogP contribution in [-0.2, 0) is 0 Å². The monoisotopic (exact) mass is 241 g/mol. The lowest BCUT2D eigenvalue weighted by atomic mass is 10.0. The Hall–Kier alpha value is -2.20. The molecule has 1 unspecified atom stereocenters. The molecule has 1 heterocycles. The van der Waals surface area contributed by atoms with E-state index >= 15 is 0 Å². The van der Waals surface area contributed by atoms with Gasteiger partial charge in [-0.05, 0) is 12.1 Å². The summed E-state index contributed by atoms with van der Waals surface area (Å²) in [4.78, 5) is 0. The molecule has 2 rings (SSSR count). The average Bonchev–Trinajstić information content (AvgIpc) is 2.90. The van der Waals surface area contributed by atoms with Crippen LogP contribution in [0.4, 0.5) is 0 Å². The van der Waals surface area contributed by atoms with E-state index in [0.29, 0.717) is 5.69 Å². The highest BCUT2D eigenvalue weighted by atomic mass is 16.3. The molecular formula is C14H15N3O. The Labute approximate surface area is 106 Å². The lowest BCUT2D eigenvalue weighted by Gasteiger charge is -2.12. The highest BCUT2D eigenvalue weighted by molar-refractivity contribution is 5.30. The second-order valence-electron chi connectivity index (χ2n) is 3.92. The molecule has 1 aromatic carbocycles. The van der Waals surface area contributed by atoms with Crippen LogP contribution in [0.1, 0.15) is 11.8 Å². The standard InChI is InChI=1S/C14H15N3O/c1-3-11(4-2)14(18)13-10-17(16-15-13)12-8-6-5-7-9-12/h3-11,14,18H,1-2H2. The third-order valence-corrected chi connectivity index (χ3v) is 2.74. The quantitative estimate of drug-likeness (QED) is 0.817. The van der Waals surface area contributed by atoms with Crippen LogP contribution in [0.3, 0.4) is 0 Å². The summed E-state index contributed by atoms with van der Waals surface area (Å²) >= 11 is 0. The zero-order chi connectivity index (χ0) is 13.0. The molecule has 4 nitrogen and oxygen atoms in total. The van der Waals surface area contributed by atoms with Crippen LogP contribution in [0.15, 0.2) is 61.8 Å². The molecule has 0 saturated heterocycles. The van der Waals surface area contributed by atoms with Gasteiger partial charge < -0.3 is 5.11 Å². The van der Waals surface area contributed by atoms with E-state index in [1.165, 1.54) is 0 Å².